The molecule has 0 N–H and O–H groups in total. The number of aromatic nitrogens is 1. The maximum Gasteiger partial charge on any atom is 0.416 e. The van der Waals surface area contributed by atoms with Crippen molar-refractivity contribution in [2.75, 3.05) is 26.8 Å². The molecule has 0 bridgehead atoms. The molecular formula is C28H30Cl2F3N3O3. The van der Waals surface area contributed by atoms with Crippen LogP contribution in [0.1, 0.15) is 28.8 Å². The Morgan fingerprint density at radius 3 is 2.33 bits per heavy atom. The van der Waals surface area contributed by atoms with Crippen molar-refractivity contribution in [2.24, 2.45) is 0 Å². The quantitative estimate of drug-likeness (QED) is 0.190. The van der Waals surface area contributed by atoms with Gasteiger partial charge in [-0.25, -0.2) is 0 Å². The lowest BCUT2D eigenvalue weighted by Crippen LogP contribution is -2.44. The minimum absolute atomic E-state index is 0.152. The van der Waals surface area contributed by atoms with E-state index in [0.29, 0.717) is 25.1 Å². The highest BCUT2D eigenvalue weighted by molar-refractivity contribution is 6.53. The summed E-state index contributed by atoms with van der Waals surface area (Å²) in [6.07, 6.45) is -2.13. The van der Waals surface area contributed by atoms with Crippen molar-refractivity contribution in [2.45, 2.75) is 37.1 Å². The third-order valence-corrected chi connectivity index (χ3v) is 6.43. The van der Waals surface area contributed by atoms with Crippen molar-refractivity contribution in [3.63, 3.8) is 0 Å². The molecule has 1 heterocycles. The summed E-state index contributed by atoms with van der Waals surface area (Å²) in [7, 11) is 1.56. The molecule has 2 amide bonds. The summed E-state index contributed by atoms with van der Waals surface area (Å²) >= 11 is 11.7. The smallest absolute Gasteiger partial charge is 0.385 e. The van der Waals surface area contributed by atoms with E-state index in [0.717, 1.165) is 23.4 Å². The first kappa shape index (κ1) is 30.5. The van der Waals surface area contributed by atoms with E-state index >= 15 is 0 Å². The van der Waals surface area contributed by atoms with Gasteiger partial charge in [0.1, 0.15) is 6.54 Å². The van der Waals surface area contributed by atoms with Crippen molar-refractivity contribution in [1.29, 1.82) is 0 Å². The number of halogens is 5. The minimum Gasteiger partial charge on any atom is -0.385 e. The van der Waals surface area contributed by atoms with Crippen LogP contribution in [0.25, 0.3) is 0 Å². The highest BCUT2D eigenvalue weighted by Gasteiger charge is 2.30. The number of hydrogen-bond acceptors (Lipinski definition) is 3. The molecular weight excluding hydrogens is 554 g/mol. The van der Waals surface area contributed by atoms with Crippen LogP contribution in [-0.2, 0) is 40.1 Å². The van der Waals surface area contributed by atoms with Crippen molar-refractivity contribution < 1.29 is 27.5 Å². The van der Waals surface area contributed by atoms with Crippen molar-refractivity contribution in [3.8, 4) is 0 Å². The molecule has 0 aliphatic heterocycles. The lowest BCUT2D eigenvalue weighted by Gasteiger charge is -2.28. The third-order valence-electron chi connectivity index (χ3n) is 6.05. The summed E-state index contributed by atoms with van der Waals surface area (Å²) in [5, 5.41) is 0. The Morgan fingerprint density at radius 1 is 0.949 bits per heavy atom. The molecule has 0 atom stereocenters. The fourth-order valence-electron chi connectivity index (χ4n) is 4.09. The van der Waals surface area contributed by atoms with Crippen LogP contribution < -0.4 is 0 Å². The zero-order valence-corrected chi connectivity index (χ0v) is 22.9. The average molecular weight is 584 g/mol. The van der Waals surface area contributed by atoms with Gasteiger partial charge in [-0.2, -0.15) is 13.2 Å². The van der Waals surface area contributed by atoms with Crippen LogP contribution in [0.15, 0.2) is 72.9 Å². The van der Waals surface area contributed by atoms with E-state index in [9.17, 15) is 22.8 Å². The Kier molecular flexibility index (Phi) is 11.3. The molecule has 3 rings (SSSR count). The predicted molar refractivity (Wildman–Crippen MR) is 144 cm³/mol. The molecule has 1 aromatic heterocycles. The van der Waals surface area contributed by atoms with Gasteiger partial charge in [0.15, 0.2) is 4.84 Å². The molecule has 0 saturated heterocycles. The second-order valence-electron chi connectivity index (χ2n) is 8.97. The molecule has 3 aromatic rings. The lowest BCUT2D eigenvalue weighted by molar-refractivity contribution is -0.140. The second kappa shape index (κ2) is 14.4. The Labute approximate surface area is 235 Å². The lowest BCUT2D eigenvalue weighted by atomic mass is 10.1. The van der Waals surface area contributed by atoms with Crippen LogP contribution in [0.2, 0.25) is 0 Å². The number of rotatable bonds is 13. The summed E-state index contributed by atoms with van der Waals surface area (Å²) in [5.41, 5.74) is 1.31. The fraction of sp³-hybridized carbons (Fsp3) is 0.357. The van der Waals surface area contributed by atoms with E-state index in [1.54, 1.807) is 34.9 Å². The third kappa shape index (κ3) is 9.30. The van der Waals surface area contributed by atoms with E-state index < -0.39 is 22.5 Å². The monoisotopic (exact) mass is 583 g/mol. The van der Waals surface area contributed by atoms with Crippen LogP contribution in [0.3, 0.4) is 0 Å². The van der Waals surface area contributed by atoms with Crippen LogP contribution in [0.5, 0.6) is 0 Å². The number of ether oxygens (including phenoxy) is 1. The van der Waals surface area contributed by atoms with Gasteiger partial charge in [-0.15, -0.1) is 0 Å². The first-order valence-electron chi connectivity index (χ1n) is 12.3. The van der Waals surface area contributed by atoms with Crippen LogP contribution in [0.4, 0.5) is 13.2 Å². The number of benzene rings is 2. The van der Waals surface area contributed by atoms with Gasteiger partial charge in [0, 0.05) is 45.2 Å². The maximum atomic E-state index is 13.5. The van der Waals surface area contributed by atoms with E-state index in [2.05, 4.69) is 0 Å². The summed E-state index contributed by atoms with van der Waals surface area (Å²) in [5.74, 6) is -0.906. The van der Waals surface area contributed by atoms with Crippen molar-refractivity contribution in [1.82, 2.24) is 14.4 Å². The number of nitrogens with zero attached hydrogens (tertiary/aromatic N) is 3. The number of carbonyl (C=O) groups is 2. The van der Waals surface area contributed by atoms with Gasteiger partial charge in [0.25, 0.3) is 5.91 Å². The number of methoxy groups -OCH3 is 1. The Bertz CT molecular complexity index is 1220. The Balaban J connectivity index is 1.79. The highest BCUT2D eigenvalue weighted by Crippen LogP contribution is 2.29. The molecule has 0 saturated carbocycles. The predicted octanol–water partition coefficient (Wildman–Crippen LogP) is 5.75. The zero-order chi connectivity index (χ0) is 28.4. The zero-order valence-electron chi connectivity index (χ0n) is 21.4. The molecule has 6 nitrogen and oxygen atoms in total. The van der Waals surface area contributed by atoms with Crippen molar-refractivity contribution >= 4 is 35.0 Å². The second-order valence-corrected chi connectivity index (χ2v) is 10.1. The van der Waals surface area contributed by atoms with Crippen molar-refractivity contribution in [3.05, 3.63) is 95.3 Å². The SMILES string of the molecule is COCCCN(Cc1cccn1Cc1cccc(C(F)(F)F)c1)C(=O)CN(Cc1ccccc1)C(=O)C(Cl)Cl. The topological polar surface area (TPSA) is 54.8 Å². The standard InChI is InChI=1S/C28H30Cl2F3N3O3/c1-39-15-7-14-35(25(37)20-36(27(38)26(29)30)17-21-8-3-2-4-9-21)19-24-12-6-13-34(24)18-22-10-5-11-23(16-22)28(31,32)33/h2-6,8-13,16,26H,7,14-15,17-20H2,1H3. The van der Waals surface area contributed by atoms with Crippen LogP contribution in [-0.4, -0.2) is 57.8 Å². The molecule has 0 fully saturated rings. The van der Waals surface area contributed by atoms with Gasteiger partial charge in [0.05, 0.1) is 12.1 Å². The molecule has 0 aliphatic rings. The maximum absolute atomic E-state index is 13.5. The number of amides is 2. The number of hydrogen-bond donors (Lipinski definition) is 0. The van der Waals surface area contributed by atoms with E-state index in [-0.39, 0.29) is 32.1 Å². The summed E-state index contributed by atoms with van der Waals surface area (Å²) in [6, 6.07) is 17.9. The van der Waals surface area contributed by atoms with Gasteiger partial charge in [0.2, 0.25) is 5.91 Å². The number of carbonyl (C=O) groups excluding carboxylic acids is 2. The molecule has 210 valence electrons. The fourth-order valence-corrected chi connectivity index (χ4v) is 4.37. The first-order chi connectivity index (χ1) is 18.6. The molecule has 2 aromatic carbocycles. The van der Waals surface area contributed by atoms with Crippen LogP contribution in [0, 0.1) is 0 Å². The summed E-state index contributed by atoms with van der Waals surface area (Å²) in [4.78, 5) is 27.8. The normalized spacial score (nSPS) is 11.6. The highest BCUT2D eigenvalue weighted by atomic mass is 35.5. The molecule has 11 heteroatoms. The van der Waals surface area contributed by atoms with Gasteiger partial charge in [-0.3, -0.25) is 9.59 Å². The largest absolute Gasteiger partial charge is 0.416 e. The average Bonchev–Trinajstić information content (AvgIpc) is 3.33. The Hall–Kier alpha value is -3.01. The Morgan fingerprint density at radius 2 is 1.67 bits per heavy atom. The molecule has 0 unspecified atom stereocenters. The van der Waals surface area contributed by atoms with Gasteiger partial charge >= 0.3 is 6.18 Å². The summed E-state index contributed by atoms with van der Waals surface area (Å²) < 4.78 is 46.5. The van der Waals surface area contributed by atoms with E-state index in [1.165, 1.54) is 11.0 Å². The number of alkyl halides is 5. The van der Waals surface area contributed by atoms with Gasteiger partial charge in [-0.05, 0) is 41.8 Å². The van der Waals surface area contributed by atoms with Gasteiger partial charge < -0.3 is 19.1 Å². The molecule has 0 aliphatic carbocycles. The minimum atomic E-state index is -4.44. The molecule has 39 heavy (non-hydrogen) atoms. The summed E-state index contributed by atoms with van der Waals surface area (Å²) in [6.45, 7) is 1.06. The van der Waals surface area contributed by atoms with E-state index in [1.807, 2.05) is 36.4 Å². The first-order valence-corrected chi connectivity index (χ1v) is 13.1. The molecule has 0 radical (unpaired) electrons. The molecule has 0 spiro atoms. The van der Waals surface area contributed by atoms with Crippen LogP contribution >= 0.6 is 23.2 Å². The van der Waals surface area contributed by atoms with E-state index in [4.69, 9.17) is 27.9 Å². The van der Waals surface area contributed by atoms with Gasteiger partial charge in [-0.1, -0.05) is 65.7 Å².